The average molecular weight is 813 g/mol. The first-order valence-corrected chi connectivity index (χ1v) is 22.6. The molecule has 4 heterocycles. The van der Waals surface area contributed by atoms with Crippen molar-refractivity contribution in [1.82, 2.24) is 4.48 Å². The highest BCUT2D eigenvalue weighted by Gasteiger charge is 2.44. The number of hydrogen-bond donors (Lipinski definition) is 0. The lowest BCUT2D eigenvalue weighted by Crippen LogP contribution is -2.55. The monoisotopic (exact) mass is 812 g/mol. The molecule has 0 saturated heterocycles. The fourth-order valence-corrected chi connectivity index (χ4v) is 12.3. The largest absolute Gasteiger partial charge is 0.375 e. The molecule has 0 radical (unpaired) electrons. The van der Waals surface area contributed by atoms with E-state index < -0.39 is 0 Å². The van der Waals surface area contributed by atoms with Crippen LogP contribution in [0, 0.1) is 41.5 Å². The topological polar surface area (TPSA) is 8.17 Å². The molecule has 62 heavy (non-hydrogen) atoms. The Morgan fingerprint density at radius 1 is 0.452 bits per heavy atom. The Morgan fingerprint density at radius 3 is 1.69 bits per heavy atom. The molecule has 0 fully saturated rings. The van der Waals surface area contributed by atoms with Crippen molar-refractivity contribution in [2.24, 2.45) is 0 Å². The van der Waals surface area contributed by atoms with Gasteiger partial charge in [-0.1, -0.05) is 126 Å². The van der Waals surface area contributed by atoms with Crippen molar-refractivity contribution in [1.29, 1.82) is 0 Å². The van der Waals surface area contributed by atoms with Gasteiger partial charge in [-0.2, -0.15) is 0 Å². The Kier molecular flexibility index (Phi) is 8.23. The average Bonchev–Trinajstić information content (AvgIpc) is 3.85. The molecule has 4 heteroatoms. The number of thiophene rings is 1. The van der Waals surface area contributed by atoms with Crippen molar-refractivity contribution < 1.29 is 0 Å². The highest BCUT2D eigenvalue weighted by Crippen LogP contribution is 2.50. The summed E-state index contributed by atoms with van der Waals surface area (Å²) in [5.41, 5.74) is 28.2. The van der Waals surface area contributed by atoms with Gasteiger partial charge in [-0.25, -0.2) is 0 Å². The third kappa shape index (κ3) is 5.49. The van der Waals surface area contributed by atoms with Gasteiger partial charge in [0.1, 0.15) is 0 Å². The summed E-state index contributed by atoms with van der Waals surface area (Å²) in [6.07, 6.45) is 0. The van der Waals surface area contributed by atoms with Gasteiger partial charge in [0.25, 0.3) is 0 Å². The van der Waals surface area contributed by atoms with Gasteiger partial charge in [-0.3, -0.25) is 0 Å². The van der Waals surface area contributed by atoms with Crippen molar-refractivity contribution in [3.05, 3.63) is 196 Å². The third-order valence-electron chi connectivity index (χ3n) is 13.5. The highest BCUT2D eigenvalue weighted by molar-refractivity contribution is 7.17. The summed E-state index contributed by atoms with van der Waals surface area (Å²) in [6, 6.07) is 59.7. The summed E-state index contributed by atoms with van der Waals surface area (Å²) < 4.78 is 2.69. The summed E-state index contributed by atoms with van der Waals surface area (Å²) in [5, 5.41) is 5.03. The van der Waals surface area contributed by atoms with E-state index in [1.54, 1.807) is 0 Å². The van der Waals surface area contributed by atoms with E-state index in [0.29, 0.717) is 0 Å². The predicted molar refractivity (Wildman–Crippen MR) is 268 cm³/mol. The molecule has 2 nitrogen and oxygen atoms in total. The minimum Gasteiger partial charge on any atom is -0.375 e. The molecule has 2 aliphatic heterocycles. The van der Waals surface area contributed by atoms with Gasteiger partial charge in [-0.15, -0.1) is 11.3 Å². The minimum atomic E-state index is -0.00539. The molecule has 0 aliphatic carbocycles. The van der Waals surface area contributed by atoms with Crippen molar-refractivity contribution in [3.63, 3.8) is 0 Å². The molecule has 0 saturated carbocycles. The molecule has 12 rings (SSSR count). The van der Waals surface area contributed by atoms with Gasteiger partial charge in [-0.05, 0) is 162 Å². The third-order valence-corrected chi connectivity index (χ3v) is 14.6. The van der Waals surface area contributed by atoms with Crippen LogP contribution in [-0.2, 0) is 0 Å². The second-order valence-corrected chi connectivity index (χ2v) is 18.6. The number of rotatable bonds is 5. The second-order valence-electron chi connectivity index (χ2n) is 17.7. The fraction of sp³-hybridized carbons (Fsp3) is 0.103. The van der Waals surface area contributed by atoms with Crippen molar-refractivity contribution >= 4 is 68.0 Å². The lowest BCUT2D eigenvalue weighted by Gasteiger charge is -2.38. The van der Waals surface area contributed by atoms with E-state index >= 15 is 0 Å². The van der Waals surface area contributed by atoms with Gasteiger partial charge in [0, 0.05) is 49.0 Å². The maximum Gasteiger partial charge on any atom is 0.333 e. The normalized spacial score (nSPS) is 12.6. The van der Waals surface area contributed by atoms with E-state index in [0.717, 1.165) is 0 Å². The fourth-order valence-electron chi connectivity index (χ4n) is 11.3. The van der Waals surface area contributed by atoms with Crippen molar-refractivity contribution in [2.45, 2.75) is 41.5 Å². The van der Waals surface area contributed by atoms with Crippen LogP contribution in [-0.4, -0.2) is 11.3 Å². The Labute approximate surface area is 368 Å². The van der Waals surface area contributed by atoms with E-state index in [1.807, 2.05) is 11.3 Å². The van der Waals surface area contributed by atoms with Crippen molar-refractivity contribution in [2.75, 3.05) is 4.90 Å². The Bertz CT molecular complexity index is 3440. The maximum absolute atomic E-state index is 2.69. The summed E-state index contributed by atoms with van der Waals surface area (Å²) in [4.78, 5) is 3.94. The van der Waals surface area contributed by atoms with Crippen LogP contribution < -0.4 is 15.8 Å². The quantitative estimate of drug-likeness (QED) is 0.157. The highest BCUT2D eigenvalue weighted by atomic mass is 32.1. The molecular weight excluding hydrogens is 768 g/mol. The SMILES string of the molecule is Cc1cc(C)c(-c2cccc(N3c4cc(-c5c(C)cc(C)cc5C)ccc4B4c5c3csc5-c3cc(-c5ccccc5)cc5c6cc(-c7ccccc7)ccc6n4c35)c2)c(C)c1. The Morgan fingerprint density at radius 2 is 1.03 bits per heavy atom. The lowest BCUT2D eigenvalue weighted by atomic mass is 9.46. The lowest BCUT2D eigenvalue weighted by molar-refractivity contribution is 1.26. The van der Waals surface area contributed by atoms with Crippen LogP contribution in [0.1, 0.15) is 33.4 Å². The van der Waals surface area contributed by atoms with Gasteiger partial charge in [0.15, 0.2) is 0 Å². The number of aryl methyl sites for hydroxylation is 6. The van der Waals surface area contributed by atoms with Crippen LogP contribution in [0.4, 0.5) is 17.1 Å². The summed E-state index contributed by atoms with van der Waals surface area (Å²) in [5.74, 6) is 0. The first-order chi connectivity index (χ1) is 30.2. The molecule has 0 N–H and O–H groups in total. The van der Waals surface area contributed by atoms with E-state index in [2.05, 4.69) is 214 Å². The maximum atomic E-state index is 2.69. The van der Waals surface area contributed by atoms with Crippen LogP contribution in [0.3, 0.4) is 0 Å². The molecule has 0 unspecified atom stereocenters. The molecule has 0 spiro atoms. The number of aromatic nitrogens is 1. The Hall–Kier alpha value is -6.88. The molecule has 296 valence electrons. The van der Waals surface area contributed by atoms with Gasteiger partial charge in [0.05, 0.1) is 5.69 Å². The molecule has 2 aromatic heterocycles. The zero-order chi connectivity index (χ0) is 42.0. The summed E-state index contributed by atoms with van der Waals surface area (Å²) >= 11 is 1.90. The zero-order valence-corrected chi connectivity index (χ0v) is 36.8. The summed E-state index contributed by atoms with van der Waals surface area (Å²) in [6.45, 7) is 13.4. The molecule has 10 aromatic rings. The molecule has 0 bridgehead atoms. The van der Waals surface area contributed by atoms with Gasteiger partial charge >= 0.3 is 6.85 Å². The summed E-state index contributed by atoms with van der Waals surface area (Å²) in [7, 11) is 0. The number of nitrogens with zero attached hydrogens (tertiary/aromatic N) is 2. The molecule has 8 aromatic carbocycles. The smallest absolute Gasteiger partial charge is 0.333 e. The van der Waals surface area contributed by atoms with Crippen LogP contribution in [0.25, 0.3) is 76.8 Å². The zero-order valence-electron chi connectivity index (χ0n) is 36.0. The van der Waals surface area contributed by atoms with Crippen LogP contribution >= 0.6 is 11.3 Å². The number of hydrogen-bond acceptors (Lipinski definition) is 2. The van der Waals surface area contributed by atoms with Gasteiger partial charge in [0.2, 0.25) is 0 Å². The van der Waals surface area contributed by atoms with Crippen LogP contribution in [0.2, 0.25) is 0 Å². The van der Waals surface area contributed by atoms with E-state index in [-0.39, 0.29) is 6.85 Å². The molecule has 0 amide bonds. The van der Waals surface area contributed by atoms with E-state index in [9.17, 15) is 0 Å². The predicted octanol–water partition coefficient (Wildman–Crippen LogP) is 14.8. The minimum absolute atomic E-state index is 0.00539. The number of anilines is 3. The first-order valence-electron chi connectivity index (χ1n) is 21.8. The molecule has 0 atom stereocenters. The number of benzene rings is 8. The van der Waals surface area contributed by atoms with E-state index in [1.165, 1.54) is 138 Å². The first kappa shape index (κ1) is 36.9. The van der Waals surface area contributed by atoms with Crippen LogP contribution in [0.15, 0.2) is 163 Å². The Balaban J connectivity index is 1.16. The molecule has 2 aliphatic rings. The standard InChI is InChI=1S/C58H45BN2S/c1-34-24-36(3)54(37(4)25-34)43-18-13-19-46(28-43)60-52-32-44(55-38(5)26-35(2)27-39(55)6)20-22-50(52)59-56-53(60)33-62-58(56)49-31-45(41-16-11-8-12-17-41)30-48-47-29-42(40-14-9-7-10-15-40)21-23-51(47)61(59)57(48)49/h7-33H,1-6H3. The van der Waals surface area contributed by atoms with Gasteiger partial charge < -0.3 is 9.38 Å². The molecular formula is C58H45BN2S. The van der Waals surface area contributed by atoms with Crippen molar-refractivity contribution in [3.8, 4) is 54.9 Å². The number of fused-ring (bicyclic) bond motifs is 7. The second kappa shape index (κ2) is 13.8. The van der Waals surface area contributed by atoms with E-state index in [4.69, 9.17) is 0 Å². The van der Waals surface area contributed by atoms with Crippen LogP contribution in [0.5, 0.6) is 0 Å².